The van der Waals surface area contributed by atoms with E-state index in [9.17, 15) is 4.79 Å². The van der Waals surface area contributed by atoms with Crippen molar-refractivity contribution in [3.8, 4) is 0 Å². The van der Waals surface area contributed by atoms with E-state index in [1.807, 2.05) is 24.4 Å². The predicted octanol–water partition coefficient (Wildman–Crippen LogP) is 1.82. The van der Waals surface area contributed by atoms with Gasteiger partial charge >= 0.3 is 6.03 Å². The number of carbonyl (C=O) groups is 1. The number of urea groups is 1. The van der Waals surface area contributed by atoms with Gasteiger partial charge < -0.3 is 14.5 Å². The highest BCUT2D eigenvalue weighted by molar-refractivity contribution is 5.75. The number of hydrogen-bond donors (Lipinski definition) is 0. The third kappa shape index (κ3) is 3.37. The van der Waals surface area contributed by atoms with E-state index in [-0.39, 0.29) is 18.2 Å². The second kappa shape index (κ2) is 7.30. The second-order valence-electron chi connectivity index (χ2n) is 7.51. The number of pyridine rings is 1. The molecule has 0 N–H and O–H groups in total. The number of ether oxygens (including phenoxy) is 1. The lowest BCUT2D eigenvalue weighted by Gasteiger charge is -2.42. The van der Waals surface area contributed by atoms with Gasteiger partial charge in [0, 0.05) is 64.7 Å². The van der Waals surface area contributed by atoms with Crippen molar-refractivity contribution in [2.45, 2.75) is 38.0 Å². The summed E-state index contributed by atoms with van der Waals surface area (Å²) in [4.78, 5) is 23.7. The van der Waals surface area contributed by atoms with Crippen molar-refractivity contribution in [3.05, 3.63) is 30.1 Å². The lowest BCUT2D eigenvalue weighted by molar-refractivity contribution is -0.0124. The molecule has 4 heterocycles. The van der Waals surface area contributed by atoms with E-state index in [1.165, 1.54) is 5.56 Å². The maximum atomic E-state index is 13.0. The second-order valence-corrected chi connectivity index (χ2v) is 7.51. The molecule has 136 valence electrons. The first-order chi connectivity index (χ1) is 12.3. The number of fused-ring (bicyclic) bond motifs is 1. The molecule has 1 aromatic heterocycles. The molecule has 0 unspecified atom stereocenters. The SMILES string of the molecule is CO[C@H]1CCN(C(=O)N2CCCC2)[C@@H]2CN(Cc3ccncc3)C[C@H]12. The average Bonchev–Trinajstić information content (AvgIpc) is 3.31. The van der Waals surface area contributed by atoms with Crippen LogP contribution in [0.1, 0.15) is 24.8 Å². The van der Waals surface area contributed by atoms with Crippen LogP contribution in [0.15, 0.2) is 24.5 Å². The number of nitrogens with zero attached hydrogens (tertiary/aromatic N) is 4. The Bertz CT molecular complexity index is 590. The van der Waals surface area contributed by atoms with Crippen LogP contribution < -0.4 is 0 Å². The van der Waals surface area contributed by atoms with Crippen LogP contribution in [0.3, 0.4) is 0 Å². The summed E-state index contributed by atoms with van der Waals surface area (Å²) < 4.78 is 5.77. The highest BCUT2D eigenvalue weighted by Crippen LogP contribution is 2.34. The molecule has 3 aliphatic rings. The zero-order valence-corrected chi connectivity index (χ0v) is 15.0. The van der Waals surface area contributed by atoms with Crippen molar-refractivity contribution in [2.24, 2.45) is 5.92 Å². The molecule has 3 atom stereocenters. The van der Waals surface area contributed by atoms with Crippen molar-refractivity contribution in [1.29, 1.82) is 0 Å². The molecular formula is C19H28N4O2. The van der Waals surface area contributed by atoms with Gasteiger partial charge in [-0.15, -0.1) is 0 Å². The fourth-order valence-corrected chi connectivity index (χ4v) is 4.73. The smallest absolute Gasteiger partial charge is 0.320 e. The topological polar surface area (TPSA) is 48.9 Å². The highest BCUT2D eigenvalue weighted by Gasteiger charge is 2.46. The van der Waals surface area contributed by atoms with Crippen molar-refractivity contribution >= 4 is 6.03 Å². The summed E-state index contributed by atoms with van der Waals surface area (Å²) in [5.41, 5.74) is 1.28. The molecule has 0 bridgehead atoms. The van der Waals surface area contributed by atoms with Crippen molar-refractivity contribution in [2.75, 3.05) is 39.8 Å². The first-order valence-electron chi connectivity index (χ1n) is 9.46. The molecule has 4 rings (SSSR count). The zero-order chi connectivity index (χ0) is 17.2. The van der Waals surface area contributed by atoms with E-state index in [1.54, 1.807) is 0 Å². The van der Waals surface area contributed by atoms with Crippen LogP contribution in [0.2, 0.25) is 0 Å². The van der Waals surface area contributed by atoms with Gasteiger partial charge in [0.15, 0.2) is 0 Å². The number of hydrogen-bond acceptors (Lipinski definition) is 4. The molecule has 6 nitrogen and oxygen atoms in total. The number of piperidine rings is 1. The van der Waals surface area contributed by atoms with Gasteiger partial charge in [0.1, 0.15) is 0 Å². The Balaban J connectivity index is 1.48. The molecule has 0 aromatic carbocycles. The summed E-state index contributed by atoms with van der Waals surface area (Å²) in [6, 6.07) is 4.66. The van der Waals surface area contributed by atoms with E-state index < -0.39 is 0 Å². The number of methoxy groups -OCH3 is 1. The Labute approximate surface area is 149 Å². The van der Waals surface area contributed by atoms with Gasteiger partial charge in [-0.1, -0.05) is 0 Å². The maximum absolute atomic E-state index is 13.0. The van der Waals surface area contributed by atoms with Gasteiger partial charge in [0.25, 0.3) is 0 Å². The molecule has 3 saturated heterocycles. The molecule has 0 spiro atoms. The minimum atomic E-state index is 0.243. The molecule has 2 amide bonds. The summed E-state index contributed by atoms with van der Waals surface area (Å²) >= 11 is 0. The molecule has 0 aliphatic carbocycles. The first kappa shape index (κ1) is 16.8. The van der Waals surface area contributed by atoms with Crippen LogP contribution in [0.4, 0.5) is 4.79 Å². The number of carbonyl (C=O) groups excluding carboxylic acids is 1. The van der Waals surface area contributed by atoms with E-state index in [0.29, 0.717) is 5.92 Å². The molecular weight excluding hydrogens is 316 g/mol. The van der Waals surface area contributed by atoms with Gasteiger partial charge in [-0.25, -0.2) is 4.79 Å². The van der Waals surface area contributed by atoms with E-state index in [4.69, 9.17) is 4.74 Å². The lowest BCUT2D eigenvalue weighted by atomic mass is 9.89. The Hall–Kier alpha value is -1.66. The highest BCUT2D eigenvalue weighted by atomic mass is 16.5. The number of aromatic nitrogens is 1. The third-order valence-electron chi connectivity index (χ3n) is 6.02. The van der Waals surface area contributed by atoms with E-state index in [0.717, 1.165) is 58.5 Å². The minimum absolute atomic E-state index is 0.243. The van der Waals surface area contributed by atoms with Crippen LogP contribution >= 0.6 is 0 Å². The fraction of sp³-hybridized carbons (Fsp3) is 0.684. The fourth-order valence-electron chi connectivity index (χ4n) is 4.73. The predicted molar refractivity (Wildman–Crippen MR) is 95.1 cm³/mol. The quantitative estimate of drug-likeness (QED) is 0.839. The van der Waals surface area contributed by atoms with E-state index >= 15 is 0 Å². The van der Waals surface area contributed by atoms with Crippen molar-refractivity contribution in [1.82, 2.24) is 19.7 Å². The Kier molecular flexibility index (Phi) is 4.90. The summed E-state index contributed by atoms with van der Waals surface area (Å²) in [6.07, 6.45) is 7.18. The molecule has 3 fully saturated rings. The molecule has 3 aliphatic heterocycles. The Morgan fingerprint density at radius 1 is 1.20 bits per heavy atom. The van der Waals surface area contributed by atoms with Gasteiger partial charge in [0.2, 0.25) is 0 Å². The Morgan fingerprint density at radius 2 is 1.96 bits per heavy atom. The molecule has 0 radical (unpaired) electrons. The first-order valence-corrected chi connectivity index (χ1v) is 9.46. The molecule has 1 aromatic rings. The normalized spacial score (nSPS) is 29.9. The van der Waals surface area contributed by atoms with Crippen LogP contribution in [0.25, 0.3) is 0 Å². The van der Waals surface area contributed by atoms with Crippen LogP contribution in [0.5, 0.6) is 0 Å². The van der Waals surface area contributed by atoms with Crippen molar-refractivity contribution in [3.63, 3.8) is 0 Å². The lowest BCUT2D eigenvalue weighted by Crippen LogP contribution is -2.56. The minimum Gasteiger partial charge on any atom is -0.381 e. The molecule has 0 saturated carbocycles. The number of likely N-dealkylation sites (tertiary alicyclic amines) is 3. The summed E-state index contributed by atoms with van der Waals surface area (Å²) in [7, 11) is 1.81. The summed E-state index contributed by atoms with van der Waals surface area (Å²) in [5.74, 6) is 0.409. The van der Waals surface area contributed by atoms with Crippen LogP contribution in [0, 0.1) is 5.92 Å². The number of amides is 2. The largest absolute Gasteiger partial charge is 0.381 e. The van der Waals surface area contributed by atoms with Gasteiger partial charge in [-0.2, -0.15) is 0 Å². The number of rotatable bonds is 3. The maximum Gasteiger partial charge on any atom is 0.320 e. The monoisotopic (exact) mass is 344 g/mol. The Morgan fingerprint density at radius 3 is 2.68 bits per heavy atom. The third-order valence-corrected chi connectivity index (χ3v) is 6.02. The molecule has 25 heavy (non-hydrogen) atoms. The zero-order valence-electron chi connectivity index (χ0n) is 15.0. The van der Waals surface area contributed by atoms with Crippen molar-refractivity contribution < 1.29 is 9.53 Å². The molecule has 6 heteroatoms. The van der Waals surface area contributed by atoms with Gasteiger partial charge in [0.05, 0.1) is 12.1 Å². The van der Waals surface area contributed by atoms with Crippen LogP contribution in [-0.4, -0.2) is 77.7 Å². The summed E-state index contributed by atoms with van der Waals surface area (Å²) in [6.45, 7) is 5.50. The van der Waals surface area contributed by atoms with Gasteiger partial charge in [-0.3, -0.25) is 9.88 Å². The van der Waals surface area contributed by atoms with E-state index in [2.05, 4.69) is 26.9 Å². The van der Waals surface area contributed by atoms with Gasteiger partial charge in [-0.05, 0) is 37.0 Å². The van der Waals surface area contributed by atoms with Crippen LogP contribution in [-0.2, 0) is 11.3 Å². The average molecular weight is 344 g/mol. The summed E-state index contributed by atoms with van der Waals surface area (Å²) in [5, 5.41) is 0. The standard InChI is InChI=1S/C19H28N4O2/c1-25-18-6-11-23(19(24)22-9-2-3-10-22)17-14-21(13-16(17)18)12-15-4-7-20-8-5-15/h4-5,7-8,16-18H,2-3,6,9-14H2,1H3/t16-,17+,18-/m0/s1.